The molecule has 86 valence electrons. The van der Waals surface area contributed by atoms with Gasteiger partial charge in [-0.05, 0) is 0 Å². The van der Waals surface area contributed by atoms with E-state index in [0.717, 1.165) is 5.32 Å². The molecule has 0 aliphatic rings. The third kappa shape index (κ3) is 5.74. The molecule has 0 atom stereocenters. The van der Waals surface area contributed by atoms with Crippen molar-refractivity contribution in [3.8, 4) is 0 Å². The second kappa shape index (κ2) is 8.14. The van der Waals surface area contributed by atoms with Crippen molar-refractivity contribution >= 4 is 27.0 Å². The molecule has 3 heteroatoms. The van der Waals surface area contributed by atoms with Crippen LogP contribution in [-0.2, 0) is 9.53 Å². The summed E-state index contributed by atoms with van der Waals surface area (Å²) in [5.41, 5.74) is 1.20. The van der Waals surface area contributed by atoms with E-state index in [-0.39, 0.29) is 5.97 Å². The first-order valence-corrected chi connectivity index (χ1v) is 7.70. The molecule has 1 aromatic rings. The third-order valence-electron chi connectivity index (χ3n) is 1.85. The summed E-state index contributed by atoms with van der Waals surface area (Å²) >= 11 is 0.317. The maximum absolute atomic E-state index is 11.0. The number of ether oxygens (including phenoxy) is 1. The zero-order valence-corrected chi connectivity index (χ0v) is 11.1. The summed E-state index contributed by atoms with van der Waals surface area (Å²) in [5, 5.41) is 1.54. The van der Waals surface area contributed by atoms with E-state index in [1.54, 1.807) is 0 Å². The minimum absolute atomic E-state index is 0.0735. The summed E-state index contributed by atoms with van der Waals surface area (Å²) in [5.74, 6) is -0.0735. The Morgan fingerprint density at radius 1 is 1.38 bits per heavy atom. The van der Waals surface area contributed by atoms with Gasteiger partial charge in [-0.25, -0.2) is 0 Å². The molecule has 16 heavy (non-hydrogen) atoms. The summed E-state index contributed by atoms with van der Waals surface area (Å²) < 4.78 is 4.86. The van der Waals surface area contributed by atoms with E-state index in [9.17, 15) is 4.79 Å². The van der Waals surface area contributed by atoms with Crippen LogP contribution in [0, 0.1) is 0 Å². The SMILES string of the molecule is CCOC(=O)C[Se]C/C=C/c1ccccc1. The van der Waals surface area contributed by atoms with Gasteiger partial charge in [-0.1, -0.05) is 0 Å². The molecule has 0 saturated heterocycles. The van der Waals surface area contributed by atoms with E-state index in [1.165, 1.54) is 5.56 Å². The Balaban J connectivity index is 2.16. The number of allylic oxidation sites excluding steroid dienone is 1. The van der Waals surface area contributed by atoms with Gasteiger partial charge in [0.05, 0.1) is 0 Å². The van der Waals surface area contributed by atoms with Crippen LogP contribution in [0.1, 0.15) is 12.5 Å². The first kappa shape index (κ1) is 13.0. The van der Waals surface area contributed by atoms with Gasteiger partial charge in [0.1, 0.15) is 0 Å². The average Bonchev–Trinajstić information content (AvgIpc) is 2.30. The molecule has 0 unspecified atom stereocenters. The quantitative estimate of drug-likeness (QED) is 0.456. The third-order valence-corrected chi connectivity index (χ3v) is 3.67. The number of esters is 1. The predicted molar refractivity (Wildman–Crippen MR) is 67.5 cm³/mol. The molecule has 0 aliphatic carbocycles. The number of benzene rings is 1. The molecule has 0 aromatic heterocycles. The van der Waals surface area contributed by atoms with Crippen molar-refractivity contribution in [2.75, 3.05) is 6.61 Å². The van der Waals surface area contributed by atoms with Crippen LogP contribution in [0.5, 0.6) is 0 Å². The number of rotatable bonds is 6. The summed E-state index contributed by atoms with van der Waals surface area (Å²) in [6.07, 6.45) is 4.21. The number of hydrogen-bond donors (Lipinski definition) is 0. The van der Waals surface area contributed by atoms with Crippen molar-refractivity contribution < 1.29 is 9.53 Å². The van der Waals surface area contributed by atoms with Gasteiger partial charge in [-0.3, -0.25) is 0 Å². The van der Waals surface area contributed by atoms with Crippen molar-refractivity contribution in [2.45, 2.75) is 17.6 Å². The van der Waals surface area contributed by atoms with Gasteiger partial charge in [0.25, 0.3) is 0 Å². The van der Waals surface area contributed by atoms with Gasteiger partial charge in [-0.15, -0.1) is 0 Å². The van der Waals surface area contributed by atoms with Crippen molar-refractivity contribution in [3.05, 3.63) is 42.0 Å². The van der Waals surface area contributed by atoms with E-state index in [2.05, 4.69) is 24.3 Å². The summed E-state index contributed by atoms with van der Waals surface area (Å²) in [4.78, 5) is 11.0. The summed E-state index contributed by atoms with van der Waals surface area (Å²) in [6, 6.07) is 10.2. The molecule has 0 aliphatic heterocycles. The topological polar surface area (TPSA) is 26.3 Å². The van der Waals surface area contributed by atoms with Crippen LogP contribution in [0.4, 0.5) is 0 Å². The molecular weight excluding hydrogens is 267 g/mol. The van der Waals surface area contributed by atoms with E-state index in [4.69, 9.17) is 4.74 Å². The first-order chi connectivity index (χ1) is 7.83. The van der Waals surface area contributed by atoms with Crippen LogP contribution in [0.25, 0.3) is 6.08 Å². The van der Waals surface area contributed by atoms with Gasteiger partial charge < -0.3 is 0 Å². The fourth-order valence-electron chi connectivity index (χ4n) is 1.16. The molecule has 1 aromatic carbocycles. The van der Waals surface area contributed by atoms with Gasteiger partial charge in [0.2, 0.25) is 0 Å². The zero-order chi connectivity index (χ0) is 11.6. The van der Waals surface area contributed by atoms with Crippen LogP contribution < -0.4 is 0 Å². The fraction of sp³-hybridized carbons (Fsp3) is 0.308. The number of hydrogen-bond acceptors (Lipinski definition) is 2. The Hall–Kier alpha value is -1.05. The minimum atomic E-state index is -0.0735. The molecule has 0 amide bonds. The fourth-order valence-corrected chi connectivity index (χ4v) is 2.42. The Bertz CT molecular complexity index is 333. The Morgan fingerprint density at radius 3 is 2.81 bits per heavy atom. The normalized spacial score (nSPS) is 10.6. The Kier molecular flexibility index (Phi) is 6.62. The summed E-state index contributed by atoms with van der Waals surface area (Å²) in [6.45, 7) is 2.31. The van der Waals surface area contributed by atoms with Gasteiger partial charge in [0, 0.05) is 0 Å². The van der Waals surface area contributed by atoms with Gasteiger partial charge in [0.15, 0.2) is 0 Å². The molecule has 1 rings (SSSR count). The maximum atomic E-state index is 11.0. The van der Waals surface area contributed by atoms with Crippen molar-refractivity contribution in [1.82, 2.24) is 0 Å². The molecule has 0 spiro atoms. The number of carbonyl (C=O) groups is 1. The van der Waals surface area contributed by atoms with Crippen LogP contribution in [0.2, 0.25) is 10.6 Å². The summed E-state index contributed by atoms with van der Waals surface area (Å²) in [7, 11) is 0. The van der Waals surface area contributed by atoms with Crippen LogP contribution in [0.15, 0.2) is 36.4 Å². The first-order valence-electron chi connectivity index (χ1n) is 5.28. The van der Waals surface area contributed by atoms with Crippen molar-refractivity contribution in [3.63, 3.8) is 0 Å². The second-order valence-electron chi connectivity index (χ2n) is 3.13. The van der Waals surface area contributed by atoms with Gasteiger partial charge in [-0.2, -0.15) is 0 Å². The molecule has 0 N–H and O–H groups in total. The van der Waals surface area contributed by atoms with E-state index < -0.39 is 0 Å². The molecule has 0 fully saturated rings. The predicted octanol–water partition coefficient (Wildman–Crippen LogP) is 2.80. The van der Waals surface area contributed by atoms with Crippen molar-refractivity contribution in [1.29, 1.82) is 0 Å². The average molecular weight is 283 g/mol. The molecule has 0 heterocycles. The Labute approximate surface area is 103 Å². The molecule has 0 bridgehead atoms. The van der Waals surface area contributed by atoms with Crippen LogP contribution in [0.3, 0.4) is 0 Å². The monoisotopic (exact) mass is 284 g/mol. The van der Waals surface area contributed by atoms with Crippen molar-refractivity contribution in [2.24, 2.45) is 0 Å². The van der Waals surface area contributed by atoms with E-state index >= 15 is 0 Å². The van der Waals surface area contributed by atoms with Crippen LogP contribution >= 0.6 is 0 Å². The van der Waals surface area contributed by atoms with E-state index in [0.29, 0.717) is 26.9 Å². The zero-order valence-electron chi connectivity index (χ0n) is 9.39. The molecule has 0 radical (unpaired) electrons. The van der Waals surface area contributed by atoms with Crippen LogP contribution in [-0.4, -0.2) is 27.5 Å². The van der Waals surface area contributed by atoms with E-state index in [1.807, 2.05) is 25.1 Å². The molecular formula is C13H16O2Se. The molecule has 0 saturated carbocycles. The number of carbonyl (C=O) groups excluding carboxylic acids is 1. The second-order valence-corrected chi connectivity index (χ2v) is 5.29. The Morgan fingerprint density at radius 2 is 2.12 bits per heavy atom. The molecule has 2 nitrogen and oxygen atoms in total. The van der Waals surface area contributed by atoms with Gasteiger partial charge >= 0.3 is 103 Å². The standard InChI is InChI=1S/C13H16O2Se/c1-2-15-13(14)11-16-10-6-9-12-7-4-3-5-8-12/h3-9H,2,10-11H2,1H3/b9-6+.